The van der Waals surface area contributed by atoms with E-state index in [0.29, 0.717) is 17.9 Å². The molecular formula is C20H24N2O5. The van der Waals surface area contributed by atoms with Crippen LogP contribution in [0.15, 0.2) is 47.6 Å². The number of hydrogen-bond acceptors (Lipinski definition) is 5. The van der Waals surface area contributed by atoms with Crippen LogP contribution in [0.5, 0.6) is 11.5 Å². The first kappa shape index (κ1) is 20.1. The first-order valence-electron chi connectivity index (χ1n) is 8.46. The van der Waals surface area contributed by atoms with Crippen LogP contribution in [0.25, 0.3) is 0 Å². The predicted molar refractivity (Wildman–Crippen MR) is 101 cm³/mol. The molecule has 0 aliphatic rings. The van der Waals surface area contributed by atoms with Crippen molar-refractivity contribution in [2.75, 3.05) is 14.2 Å². The fourth-order valence-corrected chi connectivity index (χ4v) is 2.60. The average molecular weight is 372 g/mol. The third kappa shape index (κ3) is 5.13. The molecule has 0 saturated carbocycles. The Morgan fingerprint density at radius 3 is 2.67 bits per heavy atom. The Bertz CT molecular complexity index is 799. The minimum atomic E-state index is -0.713. The maximum absolute atomic E-state index is 12.3. The summed E-state index contributed by atoms with van der Waals surface area (Å²) in [6.07, 6.45) is 3.78. The van der Waals surface area contributed by atoms with Crippen molar-refractivity contribution in [3.05, 3.63) is 60.1 Å². The Hall–Kier alpha value is -3.22. The SMILES string of the molecule is C=CCc1cc(CNC(=O)C(C)NC(=O)c2ccco2)cc(OC)c1OC. The predicted octanol–water partition coefficient (Wildman–Crippen LogP) is 2.46. The number of nitrogens with one attached hydrogen (secondary N) is 2. The molecule has 2 rings (SSSR count). The van der Waals surface area contributed by atoms with Gasteiger partial charge in [-0.05, 0) is 43.2 Å². The maximum atomic E-state index is 12.3. The number of hydrogen-bond donors (Lipinski definition) is 2. The highest BCUT2D eigenvalue weighted by Gasteiger charge is 2.18. The van der Waals surface area contributed by atoms with Crippen molar-refractivity contribution in [1.29, 1.82) is 0 Å². The lowest BCUT2D eigenvalue weighted by molar-refractivity contribution is -0.122. The van der Waals surface area contributed by atoms with Gasteiger partial charge in [0, 0.05) is 12.1 Å². The fourth-order valence-electron chi connectivity index (χ4n) is 2.60. The maximum Gasteiger partial charge on any atom is 0.287 e. The molecule has 1 aromatic heterocycles. The molecule has 1 unspecified atom stereocenters. The Morgan fingerprint density at radius 2 is 2.07 bits per heavy atom. The normalized spacial score (nSPS) is 11.4. The van der Waals surface area contributed by atoms with Gasteiger partial charge in [0.1, 0.15) is 6.04 Å². The first-order valence-corrected chi connectivity index (χ1v) is 8.46. The molecule has 27 heavy (non-hydrogen) atoms. The average Bonchev–Trinajstić information content (AvgIpc) is 3.20. The standard InChI is InChI=1S/C20H24N2O5/c1-5-7-15-10-14(11-17(25-3)18(15)26-4)12-21-19(23)13(2)22-20(24)16-8-6-9-27-16/h5-6,8-11,13H,1,7,12H2,2-4H3,(H,21,23)(H,22,24). The third-order valence-corrected chi connectivity index (χ3v) is 3.93. The molecule has 2 N–H and O–H groups in total. The number of rotatable bonds is 9. The van der Waals surface area contributed by atoms with Crippen LogP contribution in [-0.4, -0.2) is 32.1 Å². The van der Waals surface area contributed by atoms with Crippen LogP contribution < -0.4 is 20.1 Å². The summed E-state index contributed by atoms with van der Waals surface area (Å²) in [7, 11) is 3.14. The lowest BCUT2D eigenvalue weighted by atomic mass is 10.1. The van der Waals surface area contributed by atoms with Crippen LogP contribution in [-0.2, 0) is 17.8 Å². The van der Waals surface area contributed by atoms with E-state index < -0.39 is 11.9 Å². The minimum absolute atomic E-state index is 0.156. The van der Waals surface area contributed by atoms with E-state index in [4.69, 9.17) is 13.9 Å². The van der Waals surface area contributed by atoms with Gasteiger partial charge in [-0.1, -0.05) is 6.08 Å². The number of benzene rings is 1. The topological polar surface area (TPSA) is 89.8 Å². The zero-order chi connectivity index (χ0) is 19.8. The van der Waals surface area contributed by atoms with Crippen LogP contribution >= 0.6 is 0 Å². The van der Waals surface area contributed by atoms with Crippen molar-refractivity contribution in [1.82, 2.24) is 10.6 Å². The quantitative estimate of drug-likeness (QED) is 0.660. The molecule has 0 radical (unpaired) electrons. The molecule has 7 heteroatoms. The highest BCUT2D eigenvalue weighted by molar-refractivity contribution is 5.95. The van der Waals surface area contributed by atoms with Crippen LogP contribution in [0, 0.1) is 0 Å². The van der Waals surface area contributed by atoms with Gasteiger partial charge in [0.2, 0.25) is 5.91 Å². The summed E-state index contributed by atoms with van der Waals surface area (Å²) in [5.74, 6) is 0.632. The highest BCUT2D eigenvalue weighted by atomic mass is 16.5. The van der Waals surface area contributed by atoms with Gasteiger partial charge in [0.15, 0.2) is 17.3 Å². The summed E-state index contributed by atoms with van der Waals surface area (Å²) in [6.45, 7) is 5.64. The van der Waals surface area contributed by atoms with Gasteiger partial charge in [-0.2, -0.15) is 0 Å². The van der Waals surface area contributed by atoms with Crippen LogP contribution in [0.3, 0.4) is 0 Å². The van der Waals surface area contributed by atoms with E-state index >= 15 is 0 Å². The van der Waals surface area contributed by atoms with E-state index in [9.17, 15) is 9.59 Å². The molecule has 1 atom stereocenters. The second kappa shape index (κ2) is 9.47. The summed E-state index contributed by atoms with van der Waals surface area (Å²) in [5, 5.41) is 5.39. The number of methoxy groups -OCH3 is 2. The monoisotopic (exact) mass is 372 g/mol. The summed E-state index contributed by atoms with van der Waals surface area (Å²) >= 11 is 0. The van der Waals surface area contributed by atoms with Crippen molar-refractivity contribution in [2.24, 2.45) is 0 Å². The van der Waals surface area contributed by atoms with E-state index in [0.717, 1.165) is 11.1 Å². The Kier molecular flexibility index (Phi) is 7.05. The number of allylic oxidation sites excluding steroid dienone is 1. The summed E-state index contributed by atoms with van der Waals surface area (Å²) < 4.78 is 15.8. The van der Waals surface area contributed by atoms with Gasteiger partial charge in [-0.25, -0.2) is 0 Å². The molecule has 2 aromatic rings. The van der Waals surface area contributed by atoms with Gasteiger partial charge in [0.25, 0.3) is 5.91 Å². The number of amides is 2. The molecule has 0 spiro atoms. The molecule has 7 nitrogen and oxygen atoms in total. The van der Waals surface area contributed by atoms with Crippen molar-refractivity contribution in [3.63, 3.8) is 0 Å². The molecular weight excluding hydrogens is 348 g/mol. The molecule has 0 fully saturated rings. The smallest absolute Gasteiger partial charge is 0.287 e. The third-order valence-electron chi connectivity index (χ3n) is 3.93. The zero-order valence-electron chi connectivity index (χ0n) is 15.7. The molecule has 0 aliphatic heterocycles. The Labute approximate surface area is 158 Å². The molecule has 1 heterocycles. The van der Waals surface area contributed by atoms with Crippen molar-refractivity contribution < 1.29 is 23.5 Å². The molecule has 144 valence electrons. The van der Waals surface area contributed by atoms with Gasteiger partial charge in [-0.3, -0.25) is 9.59 Å². The summed E-state index contributed by atoms with van der Waals surface area (Å²) in [6, 6.07) is 6.16. The summed E-state index contributed by atoms with van der Waals surface area (Å²) in [5.41, 5.74) is 1.76. The van der Waals surface area contributed by atoms with Crippen molar-refractivity contribution in [2.45, 2.75) is 25.9 Å². The molecule has 0 aliphatic carbocycles. The number of furan rings is 1. The molecule has 2 amide bonds. The van der Waals surface area contributed by atoms with Crippen molar-refractivity contribution >= 4 is 11.8 Å². The highest BCUT2D eigenvalue weighted by Crippen LogP contribution is 2.33. The van der Waals surface area contributed by atoms with E-state index in [-0.39, 0.29) is 18.2 Å². The van der Waals surface area contributed by atoms with Crippen LogP contribution in [0.4, 0.5) is 0 Å². The minimum Gasteiger partial charge on any atom is -0.493 e. The molecule has 0 saturated heterocycles. The van der Waals surface area contributed by atoms with Gasteiger partial charge in [0.05, 0.1) is 20.5 Å². The van der Waals surface area contributed by atoms with E-state index in [1.54, 1.807) is 39.4 Å². The van der Waals surface area contributed by atoms with Crippen LogP contribution in [0.2, 0.25) is 0 Å². The van der Waals surface area contributed by atoms with E-state index in [1.165, 1.54) is 12.3 Å². The van der Waals surface area contributed by atoms with Crippen molar-refractivity contribution in [3.8, 4) is 11.5 Å². The van der Waals surface area contributed by atoms with Crippen LogP contribution in [0.1, 0.15) is 28.6 Å². The molecule has 1 aromatic carbocycles. The number of ether oxygens (including phenoxy) is 2. The van der Waals surface area contributed by atoms with Gasteiger partial charge < -0.3 is 24.5 Å². The Balaban J connectivity index is 2.02. The largest absolute Gasteiger partial charge is 0.493 e. The lowest BCUT2D eigenvalue weighted by Gasteiger charge is -2.16. The zero-order valence-corrected chi connectivity index (χ0v) is 15.7. The first-order chi connectivity index (χ1) is 13.0. The second-order valence-electron chi connectivity index (χ2n) is 5.87. The fraction of sp³-hybridized carbons (Fsp3) is 0.300. The lowest BCUT2D eigenvalue weighted by Crippen LogP contribution is -2.44. The Morgan fingerprint density at radius 1 is 1.30 bits per heavy atom. The van der Waals surface area contributed by atoms with Gasteiger partial charge >= 0.3 is 0 Å². The van der Waals surface area contributed by atoms with Gasteiger partial charge in [-0.15, -0.1) is 6.58 Å². The number of carbonyl (C=O) groups is 2. The van der Waals surface area contributed by atoms with E-state index in [1.807, 2.05) is 6.07 Å². The summed E-state index contributed by atoms with van der Waals surface area (Å²) in [4.78, 5) is 24.2. The molecule has 0 bridgehead atoms. The number of carbonyl (C=O) groups excluding carboxylic acids is 2. The van der Waals surface area contributed by atoms with E-state index in [2.05, 4.69) is 17.2 Å². The second-order valence-corrected chi connectivity index (χ2v) is 5.87.